The molecule has 4 aromatic rings. The fourth-order valence-corrected chi connectivity index (χ4v) is 2.93. The lowest BCUT2D eigenvalue weighted by molar-refractivity contribution is 0.415. The molecule has 0 saturated heterocycles. The third-order valence-electron chi connectivity index (χ3n) is 4.10. The topological polar surface area (TPSA) is 64.9 Å². The number of aromatic nitrogens is 4. The van der Waals surface area contributed by atoms with Gasteiger partial charge in [-0.2, -0.15) is 5.10 Å². The highest BCUT2D eigenvalue weighted by Gasteiger charge is 2.13. The minimum atomic E-state index is 0.651. The molecular weight excluding hydrogens is 350 g/mol. The fourth-order valence-electron chi connectivity index (χ4n) is 2.77. The Kier molecular flexibility index (Phi) is 4.18. The molecule has 4 rings (SSSR count). The smallest absolute Gasteiger partial charge is 0.168 e. The van der Waals surface area contributed by atoms with Crippen LogP contribution in [-0.4, -0.2) is 26.9 Å². The molecule has 26 heavy (non-hydrogen) atoms. The van der Waals surface area contributed by atoms with Crippen LogP contribution < -0.4 is 10.1 Å². The normalized spacial score (nSPS) is 10.9. The molecule has 1 N–H and O–H groups in total. The van der Waals surface area contributed by atoms with Crippen LogP contribution in [0.25, 0.3) is 16.7 Å². The van der Waals surface area contributed by atoms with E-state index >= 15 is 0 Å². The number of aryl methyl sites for hydroxylation is 1. The first kappa shape index (κ1) is 16.4. The molecule has 0 fully saturated rings. The first-order valence-electron chi connectivity index (χ1n) is 8.02. The number of nitrogens with one attached hydrogen (secondary N) is 1. The summed E-state index contributed by atoms with van der Waals surface area (Å²) in [6.07, 6.45) is 3.26. The molecule has 0 spiro atoms. The van der Waals surface area contributed by atoms with Gasteiger partial charge in [0.25, 0.3) is 0 Å². The summed E-state index contributed by atoms with van der Waals surface area (Å²) in [7, 11) is 1.64. The van der Waals surface area contributed by atoms with Crippen molar-refractivity contribution in [2.24, 2.45) is 0 Å². The van der Waals surface area contributed by atoms with Gasteiger partial charge in [0.05, 0.1) is 24.4 Å². The van der Waals surface area contributed by atoms with Crippen molar-refractivity contribution in [1.29, 1.82) is 0 Å². The summed E-state index contributed by atoms with van der Waals surface area (Å²) >= 11 is 6.15. The van der Waals surface area contributed by atoms with Crippen LogP contribution in [-0.2, 0) is 0 Å². The third kappa shape index (κ3) is 2.95. The zero-order valence-corrected chi connectivity index (χ0v) is 15.0. The van der Waals surface area contributed by atoms with Crippen LogP contribution in [0.4, 0.5) is 11.5 Å². The lowest BCUT2D eigenvalue weighted by Gasteiger charge is -2.09. The third-order valence-corrected chi connectivity index (χ3v) is 4.33. The van der Waals surface area contributed by atoms with Crippen LogP contribution in [0.2, 0.25) is 5.02 Å². The average Bonchev–Trinajstić information content (AvgIpc) is 3.09. The monoisotopic (exact) mass is 365 g/mol. The Morgan fingerprint density at radius 3 is 2.85 bits per heavy atom. The number of nitrogens with zero attached hydrogens (tertiary/aromatic N) is 4. The first-order chi connectivity index (χ1) is 12.7. The highest BCUT2D eigenvalue weighted by molar-refractivity contribution is 6.30. The van der Waals surface area contributed by atoms with Crippen molar-refractivity contribution >= 4 is 34.1 Å². The Morgan fingerprint density at radius 2 is 2.00 bits per heavy atom. The van der Waals surface area contributed by atoms with Crippen LogP contribution in [0.3, 0.4) is 0 Å². The van der Waals surface area contributed by atoms with Crippen LogP contribution >= 0.6 is 11.6 Å². The first-order valence-corrected chi connectivity index (χ1v) is 8.40. The van der Waals surface area contributed by atoms with Crippen molar-refractivity contribution in [2.45, 2.75) is 6.92 Å². The van der Waals surface area contributed by atoms with Gasteiger partial charge in [0.1, 0.15) is 17.9 Å². The van der Waals surface area contributed by atoms with Gasteiger partial charge >= 0.3 is 0 Å². The van der Waals surface area contributed by atoms with Crippen molar-refractivity contribution < 1.29 is 4.74 Å². The zero-order valence-electron chi connectivity index (χ0n) is 14.3. The number of benzene rings is 2. The standard InChI is InChI=1S/C19H16ClN5O/c1-12-6-7-13(20)8-17(12)25-19-16(10-23-25)18(21-11-22-19)24-14-4-3-5-15(9-14)26-2/h3-11H,1-2H3,(H,21,22,24). The molecule has 7 heteroatoms. The summed E-state index contributed by atoms with van der Waals surface area (Å²) < 4.78 is 7.04. The van der Waals surface area contributed by atoms with E-state index in [1.54, 1.807) is 18.0 Å². The molecule has 2 aromatic heterocycles. The second-order valence-electron chi connectivity index (χ2n) is 5.80. The van der Waals surface area contributed by atoms with Crippen molar-refractivity contribution in [3.63, 3.8) is 0 Å². The maximum atomic E-state index is 6.15. The molecule has 0 unspecified atom stereocenters. The lowest BCUT2D eigenvalue weighted by Crippen LogP contribution is -2.01. The quantitative estimate of drug-likeness (QED) is 0.575. The molecule has 0 atom stereocenters. The molecule has 2 heterocycles. The number of rotatable bonds is 4. The molecule has 0 aliphatic heterocycles. The highest BCUT2D eigenvalue weighted by atomic mass is 35.5. The predicted octanol–water partition coefficient (Wildman–Crippen LogP) is 4.53. The summed E-state index contributed by atoms with van der Waals surface area (Å²) in [4.78, 5) is 8.77. The van der Waals surface area contributed by atoms with Gasteiger partial charge in [0, 0.05) is 16.8 Å². The van der Waals surface area contributed by atoms with E-state index in [4.69, 9.17) is 16.3 Å². The average molecular weight is 366 g/mol. The molecule has 2 aromatic carbocycles. The highest BCUT2D eigenvalue weighted by Crippen LogP contribution is 2.27. The van der Waals surface area contributed by atoms with Gasteiger partial charge < -0.3 is 10.1 Å². The van der Waals surface area contributed by atoms with E-state index < -0.39 is 0 Å². The molecule has 6 nitrogen and oxygen atoms in total. The van der Waals surface area contributed by atoms with Gasteiger partial charge in [-0.25, -0.2) is 14.6 Å². The van der Waals surface area contributed by atoms with E-state index in [0.717, 1.165) is 28.1 Å². The summed E-state index contributed by atoms with van der Waals surface area (Å²) in [6, 6.07) is 13.3. The van der Waals surface area contributed by atoms with E-state index in [1.165, 1.54) is 6.33 Å². The number of hydrogen-bond acceptors (Lipinski definition) is 5. The molecule has 0 saturated carbocycles. The van der Waals surface area contributed by atoms with Gasteiger partial charge in [-0.3, -0.25) is 0 Å². The largest absolute Gasteiger partial charge is 0.497 e. The predicted molar refractivity (Wildman–Crippen MR) is 103 cm³/mol. The molecule has 0 amide bonds. The Labute approximate surface area is 155 Å². The van der Waals surface area contributed by atoms with Crippen molar-refractivity contribution in [3.05, 3.63) is 65.6 Å². The second kappa shape index (κ2) is 6.65. The Morgan fingerprint density at radius 1 is 1.12 bits per heavy atom. The number of ether oxygens (including phenoxy) is 1. The van der Waals surface area contributed by atoms with E-state index in [1.807, 2.05) is 49.4 Å². The van der Waals surface area contributed by atoms with Crippen molar-refractivity contribution in [2.75, 3.05) is 12.4 Å². The van der Waals surface area contributed by atoms with E-state index in [0.29, 0.717) is 16.5 Å². The molecule has 130 valence electrons. The lowest BCUT2D eigenvalue weighted by atomic mass is 10.2. The van der Waals surface area contributed by atoms with Gasteiger partial charge in [-0.15, -0.1) is 0 Å². The number of methoxy groups -OCH3 is 1. The number of hydrogen-bond donors (Lipinski definition) is 1. The molecule has 0 bridgehead atoms. The van der Waals surface area contributed by atoms with Crippen LogP contribution in [0, 0.1) is 6.92 Å². The molecule has 0 radical (unpaired) electrons. The maximum Gasteiger partial charge on any atom is 0.168 e. The van der Waals surface area contributed by atoms with Gasteiger partial charge in [0.2, 0.25) is 0 Å². The Hall–Kier alpha value is -3.12. The van der Waals surface area contributed by atoms with Crippen molar-refractivity contribution in [3.8, 4) is 11.4 Å². The minimum Gasteiger partial charge on any atom is -0.497 e. The summed E-state index contributed by atoms with van der Waals surface area (Å²) in [5.74, 6) is 1.44. The fraction of sp³-hybridized carbons (Fsp3) is 0.105. The molecule has 0 aliphatic rings. The van der Waals surface area contributed by atoms with E-state index in [-0.39, 0.29) is 0 Å². The minimum absolute atomic E-state index is 0.651. The summed E-state index contributed by atoms with van der Waals surface area (Å²) in [5.41, 5.74) is 3.52. The molecule has 0 aliphatic carbocycles. The SMILES string of the molecule is COc1cccc(Nc2ncnc3c2cnn3-c2cc(Cl)ccc2C)c1. The van der Waals surface area contributed by atoms with E-state index in [2.05, 4.69) is 20.4 Å². The number of halogens is 1. The number of anilines is 2. The van der Waals surface area contributed by atoms with Gasteiger partial charge in [-0.1, -0.05) is 23.7 Å². The van der Waals surface area contributed by atoms with Crippen molar-refractivity contribution in [1.82, 2.24) is 19.7 Å². The van der Waals surface area contributed by atoms with Gasteiger partial charge in [0.15, 0.2) is 5.65 Å². The molecular formula is C19H16ClN5O. The summed E-state index contributed by atoms with van der Waals surface area (Å²) in [6.45, 7) is 2.01. The number of fused-ring (bicyclic) bond motifs is 1. The summed E-state index contributed by atoms with van der Waals surface area (Å²) in [5, 5.41) is 9.26. The maximum absolute atomic E-state index is 6.15. The van der Waals surface area contributed by atoms with Crippen LogP contribution in [0.5, 0.6) is 5.75 Å². The Bertz CT molecular complexity index is 1090. The van der Waals surface area contributed by atoms with Crippen LogP contribution in [0.1, 0.15) is 5.56 Å². The van der Waals surface area contributed by atoms with Gasteiger partial charge in [-0.05, 0) is 36.8 Å². The zero-order chi connectivity index (χ0) is 18.1. The second-order valence-corrected chi connectivity index (χ2v) is 6.24. The van der Waals surface area contributed by atoms with E-state index in [9.17, 15) is 0 Å². The van der Waals surface area contributed by atoms with Crippen LogP contribution in [0.15, 0.2) is 55.0 Å². The Balaban J connectivity index is 1.79.